The number of fused-ring (bicyclic) bond motifs is 3. The van der Waals surface area contributed by atoms with Gasteiger partial charge in [-0.2, -0.15) is 0 Å². The van der Waals surface area contributed by atoms with Gasteiger partial charge in [0.15, 0.2) is 21.4 Å². The Morgan fingerprint density at radius 1 is 1.15 bits per heavy atom. The maximum absolute atomic E-state index is 13.4. The normalized spacial score (nSPS) is 17.3. The Bertz CT molecular complexity index is 1210. The molecule has 33 heavy (non-hydrogen) atoms. The number of hydrogen-bond acceptors (Lipinski definition) is 9. The lowest BCUT2D eigenvalue weighted by molar-refractivity contribution is 0.124. The molecule has 0 radical (unpaired) electrons. The molecule has 0 saturated carbocycles. The van der Waals surface area contributed by atoms with Crippen LogP contribution in [0.25, 0.3) is 11.4 Å². The van der Waals surface area contributed by atoms with Crippen LogP contribution in [0.4, 0.5) is 0 Å². The molecular weight excluding hydrogens is 446 g/mol. The summed E-state index contributed by atoms with van der Waals surface area (Å²) >= 11 is 0. The summed E-state index contributed by atoms with van der Waals surface area (Å²) in [5.74, 6) is 1.84. The Balaban J connectivity index is 1.65. The highest BCUT2D eigenvalue weighted by Gasteiger charge is 2.34. The topological polar surface area (TPSA) is 118 Å². The first-order chi connectivity index (χ1) is 15.9. The fourth-order valence-corrected chi connectivity index (χ4v) is 5.40. The van der Waals surface area contributed by atoms with Crippen LogP contribution in [0.3, 0.4) is 0 Å². The zero-order chi connectivity index (χ0) is 23.6. The summed E-state index contributed by atoms with van der Waals surface area (Å²) in [4.78, 5) is 8.52. The van der Waals surface area contributed by atoms with E-state index in [0.29, 0.717) is 42.2 Å². The maximum Gasteiger partial charge on any atom is 0.168 e. The van der Waals surface area contributed by atoms with Gasteiger partial charge in [0.25, 0.3) is 0 Å². The van der Waals surface area contributed by atoms with Crippen LogP contribution in [0, 0.1) is 0 Å². The lowest BCUT2D eigenvalue weighted by Crippen LogP contribution is -2.29. The van der Waals surface area contributed by atoms with E-state index in [2.05, 4.69) is 20.2 Å². The van der Waals surface area contributed by atoms with Gasteiger partial charge >= 0.3 is 0 Å². The summed E-state index contributed by atoms with van der Waals surface area (Å²) in [6, 6.07) is 7.24. The average molecular weight is 474 g/mol. The summed E-state index contributed by atoms with van der Waals surface area (Å²) in [5, 5.41) is 7.86. The molecule has 1 aliphatic heterocycles. The minimum absolute atomic E-state index is 0.268. The van der Waals surface area contributed by atoms with E-state index in [1.807, 2.05) is 28.8 Å². The first-order valence-electron chi connectivity index (χ1n) is 10.6. The van der Waals surface area contributed by atoms with Crippen molar-refractivity contribution in [3.63, 3.8) is 0 Å². The zero-order valence-corrected chi connectivity index (χ0v) is 19.8. The minimum atomic E-state index is -3.62. The standard InChI is InChI=1S/C22H27N5O5S/c1-14(21-23-9-17(31-4)10-24-21)15(2)33(28,29)13-20-25-26-22-18-7-5-6-8-19(18)32-12-16(11-30-3)27(20)22/h5-10,14-16H,11-13H2,1-4H3/t14-,15-,16+/m0/s1. The second kappa shape index (κ2) is 9.44. The molecule has 3 atom stereocenters. The van der Waals surface area contributed by atoms with Crippen LogP contribution < -0.4 is 9.47 Å². The van der Waals surface area contributed by atoms with Crippen molar-refractivity contribution in [2.24, 2.45) is 0 Å². The van der Waals surface area contributed by atoms with Crippen molar-refractivity contribution < 1.29 is 22.6 Å². The van der Waals surface area contributed by atoms with Crippen LogP contribution in [0.5, 0.6) is 11.5 Å². The van der Waals surface area contributed by atoms with Gasteiger partial charge in [0.2, 0.25) is 0 Å². The van der Waals surface area contributed by atoms with Crippen molar-refractivity contribution in [3.05, 3.63) is 48.3 Å². The quantitative estimate of drug-likeness (QED) is 0.486. The maximum atomic E-state index is 13.4. The fourth-order valence-electron chi connectivity index (χ4n) is 3.84. The summed E-state index contributed by atoms with van der Waals surface area (Å²) in [7, 11) is -0.505. The van der Waals surface area contributed by atoms with E-state index in [-0.39, 0.29) is 11.8 Å². The van der Waals surface area contributed by atoms with Gasteiger partial charge in [-0.15, -0.1) is 10.2 Å². The molecule has 0 spiro atoms. The molecule has 1 aromatic carbocycles. The number of methoxy groups -OCH3 is 2. The second-order valence-corrected chi connectivity index (χ2v) is 10.4. The predicted molar refractivity (Wildman–Crippen MR) is 121 cm³/mol. The van der Waals surface area contributed by atoms with Crippen LogP contribution in [0.15, 0.2) is 36.7 Å². The molecule has 2 aromatic heterocycles. The van der Waals surface area contributed by atoms with Crippen molar-refractivity contribution in [2.45, 2.75) is 36.8 Å². The Kier molecular flexibility index (Phi) is 6.61. The molecule has 11 heteroatoms. The molecule has 0 fully saturated rings. The van der Waals surface area contributed by atoms with Crippen molar-refractivity contribution in [1.29, 1.82) is 0 Å². The van der Waals surface area contributed by atoms with Crippen LogP contribution >= 0.6 is 0 Å². The number of nitrogens with zero attached hydrogens (tertiary/aromatic N) is 5. The molecule has 0 aliphatic carbocycles. The van der Waals surface area contributed by atoms with Crippen molar-refractivity contribution >= 4 is 9.84 Å². The van der Waals surface area contributed by atoms with Crippen molar-refractivity contribution in [3.8, 4) is 22.9 Å². The van der Waals surface area contributed by atoms with Gasteiger partial charge in [0.1, 0.15) is 29.8 Å². The third-order valence-electron chi connectivity index (χ3n) is 5.94. The van der Waals surface area contributed by atoms with Crippen molar-refractivity contribution in [2.75, 3.05) is 27.4 Å². The van der Waals surface area contributed by atoms with E-state index >= 15 is 0 Å². The Morgan fingerprint density at radius 3 is 2.58 bits per heavy atom. The van der Waals surface area contributed by atoms with E-state index in [9.17, 15) is 8.42 Å². The number of ether oxygens (including phenoxy) is 3. The Hall–Kier alpha value is -3.05. The molecule has 0 saturated heterocycles. The van der Waals surface area contributed by atoms with Crippen LogP contribution in [-0.2, 0) is 20.3 Å². The number of aromatic nitrogens is 5. The molecule has 176 valence electrons. The molecule has 1 aliphatic rings. The first-order valence-corrected chi connectivity index (χ1v) is 12.3. The zero-order valence-electron chi connectivity index (χ0n) is 19.0. The number of rotatable bonds is 8. The molecule has 0 N–H and O–H groups in total. The van der Waals surface area contributed by atoms with Crippen LogP contribution in [-0.4, -0.2) is 65.8 Å². The second-order valence-electron chi connectivity index (χ2n) is 8.01. The molecule has 0 unspecified atom stereocenters. The lowest BCUT2D eigenvalue weighted by Gasteiger charge is -2.21. The van der Waals surface area contributed by atoms with E-state index < -0.39 is 21.0 Å². The Morgan fingerprint density at radius 2 is 1.88 bits per heavy atom. The average Bonchev–Trinajstić information content (AvgIpc) is 3.16. The highest BCUT2D eigenvalue weighted by atomic mass is 32.2. The summed E-state index contributed by atoms with van der Waals surface area (Å²) < 4.78 is 45.0. The lowest BCUT2D eigenvalue weighted by atomic mass is 10.1. The largest absolute Gasteiger partial charge is 0.494 e. The van der Waals surface area contributed by atoms with Gasteiger partial charge in [-0.25, -0.2) is 18.4 Å². The van der Waals surface area contributed by atoms with E-state index in [1.54, 1.807) is 21.0 Å². The highest BCUT2D eigenvalue weighted by Crippen LogP contribution is 2.35. The molecule has 0 bridgehead atoms. The molecule has 3 heterocycles. The monoisotopic (exact) mass is 473 g/mol. The summed E-state index contributed by atoms with van der Waals surface area (Å²) in [6.45, 7) is 4.11. The predicted octanol–water partition coefficient (Wildman–Crippen LogP) is 2.43. The molecule has 4 rings (SSSR count). The third kappa shape index (κ3) is 4.55. The molecule has 3 aromatic rings. The van der Waals surface area contributed by atoms with Crippen LogP contribution in [0.1, 0.15) is 37.5 Å². The SMILES string of the molecule is COC[C@@H]1COc2ccccc2-c2nnc(CS(=O)(=O)[C@@H](C)[C@H](C)c3ncc(OC)cn3)n21. The first kappa shape index (κ1) is 23.1. The van der Waals surface area contributed by atoms with Gasteiger partial charge in [0.05, 0.1) is 43.0 Å². The number of benzene rings is 1. The summed E-state index contributed by atoms with van der Waals surface area (Å²) in [5.41, 5.74) is 0.764. The van der Waals surface area contributed by atoms with Gasteiger partial charge in [-0.05, 0) is 19.1 Å². The van der Waals surface area contributed by atoms with Crippen molar-refractivity contribution in [1.82, 2.24) is 24.7 Å². The van der Waals surface area contributed by atoms with E-state index in [4.69, 9.17) is 14.2 Å². The summed E-state index contributed by atoms with van der Waals surface area (Å²) in [6.07, 6.45) is 3.06. The molecule has 10 nitrogen and oxygen atoms in total. The Labute approximate surface area is 192 Å². The van der Waals surface area contributed by atoms with Gasteiger partial charge < -0.3 is 18.8 Å². The molecule has 0 amide bonds. The van der Waals surface area contributed by atoms with Gasteiger partial charge in [-0.3, -0.25) is 0 Å². The van der Waals surface area contributed by atoms with E-state index in [1.165, 1.54) is 19.5 Å². The number of para-hydroxylation sites is 1. The molecular formula is C22H27N5O5S. The van der Waals surface area contributed by atoms with Crippen LogP contribution in [0.2, 0.25) is 0 Å². The van der Waals surface area contributed by atoms with Gasteiger partial charge in [-0.1, -0.05) is 19.1 Å². The van der Waals surface area contributed by atoms with E-state index in [0.717, 1.165) is 5.56 Å². The third-order valence-corrected chi connectivity index (χ3v) is 8.14. The number of sulfone groups is 1. The highest BCUT2D eigenvalue weighted by molar-refractivity contribution is 7.91. The smallest absolute Gasteiger partial charge is 0.168 e. The number of hydrogen-bond donors (Lipinski definition) is 0. The van der Waals surface area contributed by atoms with Gasteiger partial charge in [0, 0.05) is 13.0 Å². The fraction of sp³-hybridized carbons (Fsp3) is 0.455. The minimum Gasteiger partial charge on any atom is -0.494 e.